The highest BCUT2D eigenvalue weighted by molar-refractivity contribution is 7.17. The molecule has 37 heavy (non-hydrogen) atoms. The zero-order valence-electron chi connectivity index (χ0n) is 21.3. The lowest BCUT2D eigenvalue weighted by Crippen LogP contribution is -2.48. The molecule has 198 valence electrons. The summed E-state index contributed by atoms with van der Waals surface area (Å²) in [5.41, 5.74) is 0.162. The van der Waals surface area contributed by atoms with Crippen LogP contribution in [0.25, 0.3) is 10.2 Å². The standard InChI is InChI=1S/C26H32N4O6S/c1-17-6-4-5-12-28(17)23(32)16-29-19-10-13-37-24(19)25(33)30(26(29)34)15-22(31)27-11-9-18-7-8-20(35-2)21(14-18)36-3/h7-8,10,13-14,17H,4-6,9,11-12,15-16H2,1-3H3,(H,27,31)/t17-/m1/s1. The third-order valence-corrected chi connectivity index (χ3v) is 7.63. The second kappa shape index (κ2) is 11.6. The minimum absolute atomic E-state index is 0.109. The third-order valence-electron chi connectivity index (χ3n) is 6.74. The van der Waals surface area contributed by atoms with Crippen LogP contribution in [0.5, 0.6) is 11.5 Å². The lowest BCUT2D eigenvalue weighted by Gasteiger charge is -2.33. The van der Waals surface area contributed by atoms with Gasteiger partial charge in [0.1, 0.15) is 17.8 Å². The van der Waals surface area contributed by atoms with Crippen molar-refractivity contribution in [3.05, 3.63) is 56.0 Å². The number of likely N-dealkylation sites (tertiary alicyclic amines) is 1. The van der Waals surface area contributed by atoms with E-state index in [2.05, 4.69) is 5.32 Å². The molecular formula is C26H32N4O6S. The van der Waals surface area contributed by atoms with E-state index < -0.39 is 23.7 Å². The molecule has 1 N–H and O–H groups in total. The van der Waals surface area contributed by atoms with Gasteiger partial charge in [0.2, 0.25) is 11.8 Å². The van der Waals surface area contributed by atoms with Gasteiger partial charge < -0.3 is 19.7 Å². The van der Waals surface area contributed by atoms with Crippen LogP contribution < -0.4 is 26.0 Å². The second-order valence-electron chi connectivity index (χ2n) is 9.12. The van der Waals surface area contributed by atoms with E-state index in [0.717, 1.165) is 29.4 Å². The van der Waals surface area contributed by atoms with E-state index in [4.69, 9.17) is 9.47 Å². The highest BCUT2D eigenvalue weighted by Crippen LogP contribution is 2.27. The summed E-state index contributed by atoms with van der Waals surface area (Å²) in [6.45, 7) is 2.38. The fraction of sp³-hybridized carbons (Fsp3) is 0.462. The van der Waals surface area contributed by atoms with Crippen molar-refractivity contribution in [2.45, 2.75) is 51.7 Å². The Kier molecular flexibility index (Phi) is 8.32. The molecule has 1 aliphatic heterocycles. The minimum Gasteiger partial charge on any atom is -0.493 e. The molecule has 0 aliphatic carbocycles. The molecule has 11 heteroatoms. The first-order valence-corrected chi connectivity index (χ1v) is 13.2. The van der Waals surface area contributed by atoms with E-state index in [9.17, 15) is 19.2 Å². The fourth-order valence-electron chi connectivity index (χ4n) is 4.70. The van der Waals surface area contributed by atoms with E-state index in [1.807, 2.05) is 19.1 Å². The molecule has 3 aromatic rings. The molecule has 0 bridgehead atoms. The summed E-state index contributed by atoms with van der Waals surface area (Å²) in [7, 11) is 3.12. The monoisotopic (exact) mass is 528 g/mol. The molecule has 0 unspecified atom stereocenters. The molecule has 2 amide bonds. The first kappa shape index (κ1) is 26.5. The molecule has 1 saturated heterocycles. The Bertz CT molecular complexity index is 1410. The van der Waals surface area contributed by atoms with E-state index in [1.165, 1.54) is 15.9 Å². The van der Waals surface area contributed by atoms with Crippen LogP contribution in [0.15, 0.2) is 39.2 Å². The van der Waals surface area contributed by atoms with E-state index in [1.54, 1.807) is 36.6 Å². The third kappa shape index (κ3) is 5.71. The maximum atomic E-state index is 13.3. The Morgan fingerprint density at radius 3 is 2.57 bits per heavy atom. The van der Waals surface area contributed by atoms with Gasteiger partial charge in [-0.2, -0.15) is 0 Å². The summed E-state index contributed by atoms with van der Waals surface area (Å²) >= 11 is 1.19. The number of methoxy groups -OCH3 is 2. The van der Waals surface area contributed by atoms with Gasteiger partial charge in [0, 0.05) is 19.1 Å². The van der Waals surface area contributed by atoms with Gasteiger partial charge in [-0.25, -0.2) is 9.36 Å². The van der Waals surface area contributed by atoms with Gasteiger partial charge in [0.05, 0.1) is 19.7 Å². The van der Waals surface area contributed by atoms with Crippen LogP contribution in [0, 0.1) is 0 Å². The summed E-state index contributed by atoms with van der Waals surface area (Å²) in [6.07, 6.45) is 3.46. The quantitative estimate of drug-likeness (QED) is 0.455. The number of aromatic nitrogens is 2. The largest absolute Gasteiger partial charge is 0.493 e. The van der Waals surface area contributed by atoms with Crippen LogP contribution in [0.2, 0.25) is 0 Å². The Morgan fingerprint density at radius 1 is 1.05 bits per heavy atom. The zero-order valence-corrected chi connectivity index (χ0v) is 22.1. The molecule has 0 spiro atoms. The molecule has 1 aliphatic rings. The number of amides is 2. The second-order valence-corrected chi connectivity index (χ2v) is 10.0. The number of rotatable bonds is 9. The number of ether oxygens (including phenoxy) is 2. The molecule has 0 saturated carbocycles. The van der Waals surface area contributed by atoms with Crippen molar-refractivity contribution in [3.8, 4) is 11.5 Å². The number of carbonyl (C=O) groups is 2. The number of hydrogen-bond acceptors (Lipinski definition) is 7. The van der Waals surface area contributed by atoms with Crippen LogP contribution in [-0.2, 0) is 29.1 Å². The molecule has 1 atom stereocenters. The number of fused-ring (bicyclic) bond motifs is 1. The number of piperidine rings is 1. The Hall–Kier alpha value is -3.60. The molecule has 1 fully saturated rings. The number of benzene rings is 1. The lowest BCUT2D eigenvalue weighted by molar-refractivity contribution is -0.135. The molecule has 4 rings (SSSR count). The van der Waals surface area contributed by atoms with Crippen molar-refractivity contribution < 1.29 is 19.1 Å². The van der Waals surface area contributed by atoms with Crippen molar-refractivity contribution >= 4 is 33.4 Å². The topological polar surface area (TPSA) is 112 Å². The van der Waals surface area contributed by atoms with Crippen LogP contribution in [0.1, 0.15) is 31.7 Å². The Labute approximate surface area is 218 Å². The van der Waals surface area contributed by atoms with E-state index in [-0.39, 0.29) is 18.5 Å². The lowest BCUT2D eigenvalue weighted by atomic mass is 10.0. The number of thiophene rings is 1. The van der Waals surface area contributed by atoms with Gasteiger partial charge in [-0.3, -0.25) is 19.0 Å². The average molecular weight is 529 g/mol. The highest BCUT2D eigenvalue weighted by atomic mass is 32.1. The summed E-state index contributed by atoms with van der Waals surface area (Å²) in [6, 6.07) is 7.28. The number of hydrogen-bond donors (Lipinski definition) is 1. The minimum atomic E-state index is -0.663. The fourth-order valence-corrected chi connectivity index (χ4v) is 5.55. The van der Waals surface area contributed by atoms with Gasteiger partial charge in [-0.05, 0) is 61.7 Å². The van der Waals surface area contributed by atoms with Gasteiger partial charge in [0.25, 0.3) is 5.56 Å². The van der Waals surface area contributed by atoms with Gasteiger partial charge >= 0.3 is 5.69 Å². The average Bonchev–Trinajstić information content (AvgIpc) is 3.39. The predicted octanol–water partition coefficient (Wildman–Crippen LogP) is 2.00. The molecule has 2 aromatic heterocycles. The number of nitrogens with zero attached hydrogens (tertiary/aromatic N) is 3. The van der Waals surface area contributed by atoms with Crippen LogP contribution in [0.3, 0.4) is 0 Å². The Balaban J connectivity index is 1.48. The maximum Gasteiger partial charge on any atom is 0.332 e. The molecule has 10 nitrogen and oxygen atoms in total. The van der Waals surface area contributed by atoms with Crippen LogP contribution in [0.4, 0.5) is 0 Å². The number of nitrogens with one attached hydrogen (secondary N) is 1. The normalized spacial score (nSPS) is 15.5. The molecular weight excluding hydrogens is 496 g/mol. The summed E-state index contributed by atoms with van der Waals surface area (Å²) in [5.74, 6) is 0.587. The van der Waals surface area contributed by atoms with Gasteiger partial charge in [-0.1, -0.05) is 6.07 Å². The maximum absolute atomic E-state index is 13.3. The summed E-state index contributed by atoms with van der Waals surface area (Å²) < 4.78 is 13.1. The first-order valence-electron chi connectivity index (χ1n) is 12.3. The van der Waals surface area contributed by atoms with Crippen molar-refractivity contribution in [2.75, 3.05) is 27.3 Å². The first-order chi connectivity index (χ1) is 17.8. The zero-order chi connectivity index (χ0) is 26.5. The SMILES string of the molecule is COc1ccc(CCNC(=O)Cn2c(=O)c3sccc3n(CC(=O)N3CCCC[C@H]3C)c2=O)cc1OC. The number of carbonyl (C=O) groups excluding carboxylic acids is 2. The smallest absolute Gasteiger partial charge is 0.332 e. The van der Waals surface area contributed by atoms with Crippen molar-refractivity contribution in [3.63, 3.8) is 0 Å². The molecule has 3 heterocycles. The highest BCUT2D eigenvalue weighted by Gasteiger charge is 2.25. The Morgan fingerprint density at radius 2 is 1.84 bits per heavy atom. The van der Waals surface area contributed by atoms with E-state index in [0.29, 0.717) is 41.2 Å². The van der Waals surface area contributed by atoms with E-state index >= 15 is 0 Å². The van der Waals surface area contributed by atoms with Crippen LogP contribution in [-0.4, -0.2) is 59.2 Å². The molecule has 1 aromatic carbocycles. The van der Waals surface area contributed by atoms with Gasteiger partial charge in [0.15, 0.2) is 11.5 Å². The van der Waals surface area contributed by atoms with Crippen LogP contribution >= 0.6 is 11.3 Å². The predicted molar refractivity (Wildman–Crippen MR) is 142 cm³/mol. The summed E-state index contributed by atoms with van der Waals surface area (Å²) in [5, 5.41) is 4.48. The van der Waals surface area contributed by atoms with Gasteiger partial charge in [-0.15, -0.1) is 11.3 Å². The van der Waals surface area contributed by atoms with Crippen molar-refractivity contribution in [1.29, 1.82) is 0 Å². The summed E-state index contributed by atoms with van der Waals surface area (Å²) in [4.78, 5) is 53.9. The molecule has 0 radical (unpaired) electrons. The van der Waals surface area contributed by atoms with Crippen molar-refractivity contribution in [2.24, 2.45) is 0 Å². The van der Waals surface area contributed by atoms with Crippen molar-refractivity contribution in [1.82, 2.24) is 19.4 Å².